The second kappa shape index (κ2) is 4.43. The zero-order chi connectivity index (χ0) is 19.6. The van der Waals surface area contributed by atoms with Crippen molar-refractivity contribution in [1.82, 2.24) is 0 Å². The highest BCUT2D eigenvalue weighted by molar-refractivity contribution is 7.49. The first-order chi connectivity index (χ1) is 11.7. The maximum atomic E-state index is 12.6. The topological polar surface area (TPSA) is 245 Å². The number of aliphatic hydroxyl groups is 6. The molecule has 146 valence electrons. The van der Waals surface area contributed by atoms with E-state index in [-0.39, 0.29) is 0 Å². The molecule has 4 heterocycles. The van der Waals surface area contributed by atoms with Gasteiger partial charge in [-0.05, 0) is 0 Å². The standard InChI is InChI=1S/C10H12NO14P/c11-6-1-2(12)21-9(18)7(16,22-5(6)15)3(13)4(14)8(17)10(9,19)25-26(20,23-6)24-8/h3-4,13-14,16-19H,1,11H2/t3-,4+,6?,7-,8-,9-,10-,26?/m1/s1. The van der Waals surface area contributed by atoms with Crippen molar-refractivity contribution >= 4 is 19.8 Å². The van der Waals surface area contributed by atoms with Gasteiger partial charge in [0.15, 0.2) is 6.10 Å². The summed E-state index contributed by atoms with van der Waals surface area (Å²) in [6.07, 6.45) is -6.98. The van der Waals surface area contributed by atoms with Gasteiger partial charge in [0.1, 0.15) is 6.10 Å². The van der Waals surface area contributed by atoms with Gasteiger partial charge in [0.25, 0.3) is 5.79 Å². The molecule has 1 saturated carbocycles. The molecule has 8 atom stereocenters. The number of carbonyl (C=O) groups is 2. The number of rotatable bonds is 0. The normalized spacial score (nSPS) is 61.3. The van der Waals surface area contributed by atoms with Crippen molar-refractivity contribution in [3.05, 3.63) is 0 Å². The fourth-order valence-corrected chi connectivity index (χ4v) is 5.00. The number of hydrogen-bond donors (Lipinski definition) is 7. The van der Waals surface area contributed by atoms with Crippen molar-refractivity contribution < 1.29 is 67.8 Å². The highest BCUT2D eigenvalue weighted by Gasteiger charge is 2.92. The van der Waals surface area contributed by atoms with E-state index in [1.54, 1.807) is 0 Å². The Balaban J connectivity index is 2.12. The second-order valence-electron chi connectivity index (χ2n) is 6.22. The summed E-state index contributed by atoms with van der Waals surface area (Å²) in [6.45, 7) is 0. The first-order valence-electron chi connectivity index (χ1n) is 6.88. The van der Waals surface area contributed by atoms with Gasteiger partial charge in [-0.3, -0.25) is 15.1 Å². The van der Waals surface area contributed by atoms with Crippen molar-refractivity contribution in [2.45, 2.75) is 47.5 Å². The molecule has 0 aromatic heterocycles. The van der Waals surface area contributed by atoms with Crippen LogP contribution in [0.25, 0.3) is 0 Å². The third-order valence-electron chi connectivity index (χ3n) is 4.56. The summed E-state index contributed by atoms with van der Waals surface area (Å²) in [6, 6.07) is 0. The lowest BCUT2D eigenvalue weighted by atomic mass is 9.73. The van der Waals surface area contributed by atoms with Gasteiger partial charge >= 0.3 is 37.1 Å². The van der Waals surface area contributed by atoms with Crippen LogP contribution in [0.4, 0.5) is 0 Å². The van der Waals surface area contributed by atoms with Crippen LogP contribution in [0.5, 0.6) is 0 Å². The van der Waals surface area contributed by atoms with Crippen LogP contribution in [-0.2, 0) is 37.2 Å². The van der Waals surface area contributed by atoms with Crippen molar-refractivity contribution in [2.75, 3.05) is 0 Å². The average molecular weight is 401 g/mol. The SMILES string of the molecule is NC12CC(=O)O[C@@]3(O)[C@]4(O)OP(=O)(O1)O[C@]4(O)[C@@H](O)[C@@H](O)[C@@]3(O)OC2=O. The third kappa shape index (κ3) is 1.65. The Hall–Kier alpha value is -1.23. The first-order valence-corrected chi connectivity index (χ1v) is 8.35. The summed E-state index contributed by atoms with van der Waals surface area (Å²) in [5, 5.41) is 62.5. The minimum absolute atomic E-state index is 1.27. The van der Waals surface area contributed by atoms with E-state index >= 15 is 0 Å². The summed E-state index contributed by atoms with van der Waals surface area (Å²) in [5.74, 6) is -19.1. The fourth-order valence-electron chi connectivity index (χ4n) is 3.20. The molecule has 0 radical (unpaired) electrons. The lowest BCUT2D eigenvalue weighted by molar-refractivity contribution is -0.529. The molecule has 4 saturated heterocycles. The van der Waals surface area contributed by atoms with Crippen molar-refractivity contribution in [2.24, 2.45) is 5.73 Å². The number of esters is 2. The smallest absolute Gasteiger partial charge is 0.420 e. The van der Waals surface area contributed by atoms with Gasteiger partial charge in [0.2, 0.25) is 5.72 Å². The predicted octanol–water partition coefficient (Wildman–Crippen LogP) is -5.19. The van der Waals surface area contributed by atoms with E-state index in [0.29, 0.717) is 0 Å². The number of phosphoric acid groups is 1. The molecular formula is C10H12NO14P. The van der Waals surface area contributed by atoms with Crippen molar-refractivity contribution in [1.29, 1.82) is 0 Å². The van der Waals surface area contributed by atoms with Crippen LogP contribution >= 0.6 is 7.82 Å². The van der Waals surface area contributed by atoms with Crippen LogP contribution in [0.3, 0.4) is 0 Å². The molecule has 26 heavy (non-hydrogen) atoms. The molecule has 8 N–H and O–H groups in total. The maximum absolute atomic E-state index is 12.6. The lowest BCUT2D eigenvalue weighted by Gasteiger charge is -2.57. The zero-order valence-electron chi connectivity index (χ0n) is 12.3. The molecule has 1 aliphatic carbocycles. The molecule has 0 aromatic rings. The van der Waals surface area contributed by atoms with Crippen LogP contribution in [-0.4, -0.2) is 83.7 Å². The van der Waals surface area contributed by atoms with E-state index in [0.717, 1.165) is 0 Å². The number of phosphoric ester groups is 1. The number of aliphatic hydroxyl groups excluding tert-OH is 2. The fraction of sp³-hybridized carbons (Fsp3) is 0.800. The van der Waals surface area contributed by atoms with Crippen molar-refractivity contribution in [3.8, 4) is 0 Å². The van der Waals surface area contributed by atoms with Crippen LogP contribution in [0.15, 0.2) is 0 Å². The largest absolute Gasteiger partial charge is 0.482 e. The minimum Gasteiger partial charge on any atom is -0.420 e. The van der Waals surface area contributed by atoms with E-state index in [1.165, 1.54) is 0 Å². The number of ether oxygens (including phenoxy) is 2. The summed E-state index contributed by atoms with van der Waals surface area (Å²) in [7, 11) is -5.33. The van der Waals surface area contributed by atoms with Crippen LogP contribution < -0.4 is 5.73 Å². The first kappa shape index (κ1) is 18.1. The number of fused-ring (bicyclic) bond motifs is 3. The summed E-state index contributed by atoms with van der Waals surface area (Å²) < 4.78 is 35.2. The molecule has 0 aromatic carbocycles. The Bertz CT molecular complexity index is 790. The Morgan fingerprint density at radius 2 is 1.50 bits per heavy atom. The van der Waals surface area contributed by atoms with Gasteiger partial charge < -0.3 is 40.1 Å². The second-order valence-corrected chi connectivity index (χ2v) is 7.66. The maximum Gasteiger partial charge on any atom is 0.482 e. The molecular weight excluding hydrogens is 389 g/mol. The summed E-state index contributed by atoms with van der Waals surface area (Å²) in [5.41, 5.74) is 2.49. The zero-order valence-corrected chi connectivity index (χ0v) is 13.2. The van der Waals surface area contributed by atoms with Crippen LogP contribution in [0.2, 0.25) is 0 Å². The highest BCUT2D eigenvalue weighted by atomic mass is 31.2. The Morgan fingerprint density at radius 3 is 2.12 bits per heavy atom. The third-order valence-corrected chi connectivity index (χ3v) is 6.10. The molecule has 5 rings (SSSR count). The van der Waals surface area contributed by atoms with Gasteiger partial charge in [-0.15, -0.1) is 0 Å². The molecule has 0 spiro atoms. The van der Waals surface area contributed by atoms with Gasteiger partial charge in [-0.25, -0.2) is 18.4 Å². The summed E-state index contributed by atoms with van der Waals surface area (Å²) >= 11 is 0. The molecule has 0 amide bonds. The van der Waals surface area contributed by atoms with E-state index in [2.05, 4.69) is 23.0 Å². The molecule has 4 aliphatic heterocycles. The van der Waals surface area contributed by atoms with Crippen LogP contribution in [0.1, 0.15) is 6.42 Å². The summed E-state index contributed by atoms with van der Waals surface area (Å²) in [4.78, 5) is 24.3. The van der Waals surface area contributed by atoms with E-state index in [1.807, 2.05) is 0 Å². The quantitative estimate of drug-likeness (QED) is 0.148. The Morgan fingerprint density at radius 1 is 0.923 bits per heavy atom. The Kier molecular flexibility index (Phi) is 3.09. The molecule has 2 unspecified atom stereocenters. The lowest BCUT2D eigenvalue weighted by Crippen LogP contribution is -2.89. The van der Waals surface area contributed by atoms with E-state index < -0.39 is 67.3 Å². The number of carbonyl (C=O) groups excluding carboxylic acids is 2. The number of hydrogen-bond acceptors (Lipinski definition) is 15. The molecule has 5 aliphatic rings. The van der Waals surface area contributed by atoms with Gasteiger partial charge in [0, 0.05) is 0 Å². The van der Waals surface area contributed by atoms with Crippen LogP contribution in [0, 0.1) is 0 Å². The minimum atomic E-state index is -5.33. The number of nitrogens with two attached hydrogens (primary N) is 1. The van der Waals surface area contributed by atoms with Gasteiger partial charge in [-0.1, -0.05) is 0 Å². The van der Waals surface area contributed by atoms with Gasteiger partial charge in [-0.2, -0.15) is 0 Å². The van der Waals surface area contributed by atoms with E-state index in [4.69, 9.17) is 5.73 Å². The van der Waals surface area contributed by atoms with Gasteiger partial charge in [0.05, 0.1) is 6.42 Å². The highest BCUT2D eigenvalue weighted by Crippen LogP contribution is 2.72. The molecule has 5 bridgehead atoms. The average Bonchev–Trinajstić information content (AvgIpc) is 2.71. The molecule has 5 fully saturated rings. The monoisotopic (exact) mass is 401 g/mol. The Labute approximate surface area is 142 Å². The predicted molar refractivity (Wildman–Crippen MR) is 66.4 cm³/mol. The van der Waals surface area contributed by atoms with Crippen molar-refractivity contribution in [3.63, 3.8) is 0 Å². The molecule has 16 heteroatoms. The molecule has 15 nitrogen and oxygen atoms in total. The van der Waals surface area contributed by atoms with E-state index in [9.17, 15) is 44.8 Å².